The fourth-order valence-electron chi connectivity index (χ4n) is 1.16. The fourth-order valence-corrected chi connectivity index (χ4v) is 1.16. The van der Waals surface area contributed by atoms with Gasteiger partial charge in [-0.25, -0.2) is 0 Å². The molecular formula is C11H25NO2. The Hall–Kier alpha value is -0.120. The number of methoxy groups -OCH3 is 2. The summed E-state index contributed by atoms with van der Waals surface area (Å²) in [5.41, 5.74) is 0.295. The molecule has 0 aliphatic heterocycles. The molecule has 0 aromatic rings. The van der Waals surface area contributed by atoms with Crippen molar-refractivity contribution in [3.63, 3.8) is 0 Å². The van der Waals surface area contributed by atoms with Gasteiger partial charge in [0.15, 0.2) is 0 Å². The van der Waals surface area contributed by atoms with Gasteiger partial charge in [0.2, 0.25) is 0 Å². The summed E-state index contributed by atoms with van der Waals surface area (Å²) in [5.74, 6) is 0. The first-order valence-corrected chi connectivity index (χ1v) is 5.24. The molecule has 0 spiro atoms. The zero-order chi connectivity index (χ0) is 11.0. The maximum atomic E-state index is 5.16. The summed E-state index contributed by atoms with van der Waals surface area (Å²) in [7, 11) is 3.49. The zero-order valence-corrected chi connectivity index (χ0v) is 10.2. The van der Waals surface area contributed by atoms with Gasteiger partial charge in [0, 0.05) is 33.9 Å². The molecule has 86 valence electrons. The second kappa shape index (κ2) is 7.21. The van der Waals surface area contributed by atoms with Crippen LogP contribution in [0.4, 0.5) is 0 Å². The highest BCUT2D eigenvalue weighted by Crippen LogP contribution is 2.18. The maximum absolute atomic E-state index is 5.16. The molecule has 0 heterocycles. The number of hydrogen-bond acceptors (Lipinski definition) is 3. The lowest BCUT2D eigenvalue weighted by Gasteiger charge is -2.25. The van der Waals surface area contributed by atoms with Crippen molar-refractivity contribution in [2.24, 2.45) is 5.41 Å². The van der Waals surface area contributed by atoms with E-state index in [1.165, 1.54) is 0 Å². The van der Waals surface area contributed by atoms with Gasteiger partial charge < -0.3 is 14.8 Å². The van der Waals surface area contributed by atoms with Crippen LogP contribution in [0.25, 0.3) is 0 Å². The van der Waals surface area contributed by atoms with E-state index in [0.717, 1.165) is 26.1 Å². The Labute approximate surface area is 88.2 Å². The summed E-state index contributed by atoms with van der Waals surface area (Å²) in [5, 5.41) is 3.40. The van der Waals surface area contributed by atoms with Gasteiger partial charge in [0.25, 0.3) is 0 Å². The van der Waals surface area contributed by atoms with Crippen LogP contribution in [0.3, 0.4) is 0 Å². The van der Waals surface area contributed by atoms with Gasteiger partial charge >= 0.3 is 0 Å². The van der Waals surface area contributed by atoms with Crippen LogP contribution in [0, 0.1) is 5.41 Å². The minimum atomic E-state index is 0.285. The third kappa shape index (κ3) is 7.30. The minimum absolute atomic E-state index is 0.285. The van der Waals surface area contributed by atoms with Crippen molar-refractivity contribution in [2.75, 3.05) is 33.9 Å². The van der Waals surface area contributed by atoms with E-state index >= 15 is 0 Å². The van der Waals surface area contributed by atoms with Gasteiger partial charge in [0.1, 0.15) is 0 Å². The molecule has 0 fully saturated rings. The Morgan fingerprint density at radius 2 is 1.93 bits per heavy atom. The van der Waals surface area contributed by atoms with Crippen LogP contribution < -0.4 is 5.32 Å². The molecule has 3 heteroatoms. The first-order chi connectivity index (χ1) is 6.52. The molecule has 0 amide bonds. The van der Waals surface area contributed by atoms with Crippen molar-refractivity contribution in [3.8, 4) is 0 Å². The quantitative estimate of drug-likeness (QED) is 0.651. The zero-order valence-electron chi connectivity index (χ0n) is 10.2. The Kier molecular flexibility index (Phi) is 7.15. The molecule has 0 aromatic carbocycles. The van der Waals surface area contributed by atoms with Crippen LogP contribution >= 0.6 is 0 Å². The Morgan fingerprint density at radius 3 is 2.43 bits per heavy atom. The molecule has 1 unspecified atom stereocenters. The second-order valence-electron chi connectivity index (χ2n) is 4.58. The molecule has 0 saturated carbocycles. The first-order valence-electron chi connectivity index (χ1n) is 5.24. The van der Waals surface area contributed by atoms with E-state index in [9.17, 15) is 0 Å². The van der Waals surface area contributed by atoms with Crippen LogP contribution in [-0.2, 0) is 9.47 Å². The van der Waals surface area contributed by atoms with E-state index in [0.29, 0.717) is 5.41 Å². The van der Waals surface area contributed by atoms with Gasteiger partial charge in [-0.2, -0.15) is 0 Å². The Morgan fingerprint density at radius 1 is 1.29 bits per heavy atom. The van der Waals surface area contributed by atoms with Crippen molar-refractivity contribution in [2.45, 2.75) is 33.3 Å². The second-order valence-corrected chi connectivity index (χ2v) is 4.58. The number of hydrogen-bond donors (Lipinski definition) is 1. The van der Waals surface area contributed by atoms with Crippen molar-refractivity contribution in [3.05, 3.63) is 0 Å². The lowest BCUT2D eigenvalue weighted by atomic mass is 9.90. The molecule has 0 aromatic heterocycles. The average molecular weight is 203 g/mol. The highest BCUT2D eigenvalue weighted by Gasteiger charge is 2.16. The van der Waals surface area contributed by atoms with Crippen LogP contribution in [-0.4, -0.2) is 40.0 Å². The molecular weight excluding hydrogens is 178 g/mol. The molecule has 3 nitrogen and oxygen atoms in total. The Bertz CT molecular complexity index is 137. The molecule has 0 bridgehead atoms. The van der Waals surface area contributed by atoms with E-state index in [1.807, 2.05) is 0 Å². The lowest BCUT2D eigenvalue weighted by Crippen LogP contribution is -2.35. The van der Waals surface area contributed by atoms with Crippen molar-refractivity contribution in [1.29, 1.82) is 0 Å². The van der Waals surface area contributed by atoms with Gasteiger partial charge in [-0.05, 0) is 18.8 Å². The highest BCUT2D eigenvalue weighted by atomic mass is 16.5. The van der Waals surface area contributed by atoms with Gasteiger partial charge in [-0.3, -0.25) is 0 Å². The summed E-state index contributed by atoms with van der Waals surface area (Å²) in [4.78, 5) is 0. The summed E-state index contributed by atoms with van der Waals surface area (Å²) in [6.07, 6.45) is 1.37. The standard InChI is InChI=1S/C11H25NO2/c1-10(14-5)8-12-9-11(2,3)6-7-13-4/h10,12H,6-9H2,1-5H3. The minimum Gasteiger partial charge on any atom is -0.385 e. The van der Waals surface area contributed by atoms with Crippen LogP contribution in [0.15, 0.2) is 0 Å². The molecule has 14 heavy (non-hydrogen) atoms. The van der Waals surface area contributed by atoms with Gasteiger partial charge in [-0.15, -0.1) is 0 Å². The van der Waals surface area contributed by atoms with Crippen LogP contribution in [0.2, 0.25) is 0 Å². The Balaban J connectivity index is 3.54. The number of ether oxygens (including phenoxy) is 2. The van der Waals surface area contributed by atoms with Crippen molar-refractivity contribution >= 4 is 0 Å². The third-order valence-corrected chi connectivity index (χ3v) is 2.42. The van der Waals surface area contributed by atoms with E-state index in [4.69, 9.17) is 9.47 Å². The number of rotatable bonds is 8. The van der Waals surface area contributed by atoms with E-state index in [1.54, 1.807) is 14.2 Å². The summed E-state index contributed by atoms with van der Waals surface area (Å²) in [6, 6.07) is 0. The first kappa shape index (κ1) is 13.9. The number of nitrogens with one attached hydrogen (secondary N) is 1. The van der Waals surface area contributed by atoms with Gasteiger partial charge in [-0.1, -0.05) is 13.8 Å². The molecule has 0 saturated heterocycles. The predicted octanol–water partition coefficient (Wildman–Crippen LogP) is 1.67. The van der Waals surface area contributed by atoms with Crippen LogP contribution in [0.1, 0.15) is 27.2 Å². The largest absolute Gasteiger partial charge is 0.385 e. The third-order valence-electron chi connectivity index (χ3n) is 2.42. The smallest absolute Gasteiger partial charge is 0.0667 e. The molecule has 1 N–H and O–H groups in total. The summed E-state index contributed by atoms with van der Waals surface area (Å²) < 4.78 is 10.2. The van der Waals surface area contributed by atoms with Gasteiger partial charge in [0.05, 0.1) is 6.10 Å². The normalized spacial score (nSPS) is 14.4. The molecule has 0 rings (SSSR count). The summed E-state index contributed by atoms with van der Waals surface area (Å²) >= 11 is 0. The molecule has 0 radical (unpaired) electrons. The maximum Gasteiger partial charge on any atom is 0.0667 e. The SMILES string of the molecule is COCCC(C)(C)CNCC(C)OC. The predicted molar refractivity (Wildman–Crippen MR) is 59.6 cm³/mol. The molecule has 0 aliphatic carbocycles. The van der Waals surface area contributed by atoms with Crippen LogP contribution in [0.5, 0.6) is 0 Å². The van der Waals surface area contributed by atoms with Crippen molar-refractivity contribution < 1.29 is 9.47 Å². The van der Waals surface area contributed by atoms with Crippen molar-refractivity contribution in [1.82, 2.24) is 5.32 Å². The lowest BCUT2D eigenvalue weighted by molar-refractivity contribution is 0.110. The van der Waals surface area contributed by atoms with E-state index in [-0.39, 0.29) is 6.10 Å². The van der Waals surface area contributed by atoms with E-state index in [2.05, 4.69) is 26.1 Å². The average Bonchev–Trinajstić information content (AvgIpc) is 2.14. The van der Waals surface area contributed by atoms with E-state index < -0.39 is 0 Å². The molecule has 1 atom stereocenters. The monoisotopic (exact) mass is 203 g/mol. The highest BCUT2D eigenvalue weighted by molar-refractivity contribution is 4.72. The topological polar surface area (TPSA) is 30.5 Å². The molecule has 0 aliphatic rings. The fraction of sp³-hybridized carbons (Fsp3) is 1.00. The summed E-state index contributed by atoms with van der Waals surface area (Å²) in [6.45, 7) is 9.30.